The summed E-state index contributed by atoms with van der Waals surface area (Å²) in [6.07, 6.45) is 7.32. The van der Waals surface area contributed by atoms with Gasteiger partial charge in [-0.05, 0) is 43.1 Å². The van der Waals surface area contributed by atoms with E-state index in [1.807, 2.05) is 58.2 Å². The Morgan fingerprint density at radius 2 is 1.27 bits per heavy atom. The predicted octanol–water partition coefficient (Wildman–Crippen LogP) is 5.33. The minimum Gasteiger partial charge on any atom is -0.453 e. The highest BCUT2D eigenvalue weighted by Gasteiger charge is 2.39. The second-order valence-electron chi connectivity index (χ2n) is 14.8. The first-order valence-electron chi connectivity index (χ1n) is 18.8. The molecule has 56 heavy (non-hydrogen) atoms. The van der Waals surface area contributed by atoms with E-state index in [-0.39, 0.29) is 35.7 Å². The van der Waals surface area contributed by atoms with Gasteiger partial charge in [0.25, 0.3) is 0 Å². The van der Waals surface area contributed by atoms with Crippen LogP contribution in [-0.2, 0) is 19.1 Å². The Kier molecular flexibility index (Phi) is 11.1. The van der Waals surface area contributed by atoms with Crippen molar-refractivity contribution in [1.29, 1.82) is 0 Å². The number of carbonyl (C=O) groups is 4. The number of amides is 4. The van der Waals surface area contributed by atoms with Gasteiger partial charge in [0.15, 0.2) is 5.01 Å². The SMILES string of the molecule is COC(=O)N[C@H](C(=O)N1CCCC1c1ncc(-c2nn3cc(-c4ccc(-c5cnc([C@@H]6CCCN6C(=O)[C@@H](NC(=O)OC)C(C)C)[nH]5)cc4)nc3s2)[nH]1)C(C)C. The number of likely N-dealkylation sites (tertiary alicyclic amines) is 2. The summed E-state index contributed by atoms with van der Waals surface area (Å²) in [5, 5.41) is 10.9. The number of ether oxygens (including phenoxy) is 2. The molecule has 2 saturated heterocycles. The lowest BCUT2D eigenvalue weighted by molar-refractivity contribution is -0.136. The third-order valence-corrected chi connectivity index (χ3v) is 11.4. The van der Waals surface area contributed by atoms with Gasteiger partial charge in [-0.25, -0.2) is 29.1 Å². The van der Waals surface area contributed by atoms with Crippen molar-refractivity contribution in [2.45, 2.75) is 77.5 Å². The number of aromatic amines is 2. The lowest BCUT2D eigenvalue weighted by atomic mass is 10.0. The van der Waals surface area contributed by atoms with Gasteiger partial charge in [0.2, 0.25) is 16.8 Å². The summed E-state index contributed by atoms with van der Waals surface area (Å²) in [5.41, 5.74) is 4.20. The number of aromatic nitrogens is 7. The molecular weight excluding hydrogens is 739 g/mol. The van der Waals surface area contributed by atoms with Crippen LogP contribution >= 0.6 is 11.3 Å². The molecule has 4 amide bonds. The van der Waals surface area contributed by atoms with Gasteiger partial charge in [-0.3, -0.25) is 9.59 Å². The number of H-pyrrole nitrogens is 2. The molecule has 0 saturated carbocycles. The number of methoxy groups -OCH3 is 2. The molecule has 1 unspecified atom stereocenters. The first-order chi connectivity index (χ1) is 26.9. The van der Waals surface area contributed by atoms with Crippen LogP contribution in [0.3, 0.4) is 0 Å². The molecule has 0 aliphatic carbocycles. The summed E-state index contributed by atoms with van der Waals surface area (Å²) in [5.74, 6) is 0.834. The monoisotopic (exact) mass is 785 g/mol. The van der Waals surface area contributed by atoms with Crippen LogP contribution in [0.1, 0.15) is 77.1 Å². The van der Waals surface area contributed by atoms with Crippen molar-refractivity contribution in [2.75, 3.05) is 27.3 Å². The Morgan fingerprint density at radius 3 is 1.77 bits per heavy atom. The zero-order chi connectivity index (χ0) is 39.7. The van der Waals surface area contributed by atoms with Gasteiger partial charge in [-0.15, -0.1) is 0 Å². The van der Waals surface area contributed by atoms with Crippen LogP contribution in [0.2, 0.25) is 0 Å². The summed E-state index contributed by atoms with van der Waals surface area (Å²) in [4.78, 5) is 76.2. The van der Waals surface area contributed by atoms with Crippen molar-refractivity contribution < 1.29 is 28.7 Å². The second kappa shape index (κ2) is 16.1. The third-order valence-electron chi connectivity index (χ3n) is 10.4. The van der Waals surface area contributed by atoms with E-state index >= 15 is 0 Å². The normalized spacial score (nSPS) is 18.1. The van der Waals surface area contributed by atoms with Crippen LogP contribution in [0.5, 0.6) is 0 Å². The Balaban J connectivity index is 1.02. The van der Waals surface area contributed by atoms with Crippen molar-refractivity contribution in [3.8, 4) is 33.2 Å². The van der Waals surface area contributed by atoms with E-state index in [1.54, 1.807) is 26.7 Å². The summed E-state index contributed by atoms with van der Waals surface area (Å²) < 4.78 is 11.2. The maximum atomic E-state index is 13.5. The third kappa shape index (κ3) is 7.69. The summed E-state index contributed by atoms with van der Waals surface area (Å²) in [7, 11) is 2.57. The fourth-order valence-corrected chi connectivity index (χ4v) is 8.27. The largest absolute Gasteiger partial charge is 0.453 e. The average Bonchev–Trinajstić information content (AvgIpc) is 4.04. The van der Waals surface area contributed by atoms with Gasteiger partial charge in [0.05, 0.1) is 62.0 Å². The summed E-state index contributed by atoms with van der Waals surface area (Å²) in [6, 6.07) is 6.14. The fraction of sp³-hybridized carbons (Fsp3) is 0.474. The lowest BCUT2D eigenvalue weighted by Gasteiger charge is -2.30. The highest BCUT2D eigenvalue weighted by molar-refractivity contribution is 7.19. The molecule has 4 aromatic heterocycles. The molecule has 0 bridgehead atoms. The topological polar surface area (TPSA) is 205 Å². The van der Waals surface area contributed by atoms with Gasteiger partial charge in [0, 0.05) is 18.7 Å². The number of hydrogen-bond donors (Lipinski definition) is 4. The Labute approximate surface area is 327 Å². The number of fused-ring (bicyclic) bond motifs is 1. The van der Waals surface area contributed by atoms with E-state index in [1.165, 1.54) is 25.6 Å². The van der Waals surface area contributed by atoms with Crippen LogP contribution in [0.4, 0.5) is 9.59 Å². The molecule has 2 aliphatic heterocycles. The standard InChI is InChI=1S/C38H47N11O6S/c1-20(2)29(44-37(52)54-5)34(50)47-15-7-9-27(47)31-39-17-24(41-31)22-11-13-23(14-12-22)26-19-49-36(43-26)56-33(46-49)25-18-40-32(42-25)28-10-8-16-48(28)35(51)30(21(3)4)45-38(53)55-6/h11-14,17-21,27-30H,7-10,15-16H2,1-6H3,(H,39,41)(H,40,42)(H,44,52)(H,45,53)/t27-,28?,29-,30-/m0/s1. The number of nitrogens with zero attached hydrogens (tertiary/aromatic N) is 7. The molecule has 7 rings (SSSR count). The fourth-order valence-electron chi connectivity index (χ4n) is 7.42. The van der Waals surface area contributed by atoms with Crippen LogP contribution in [0.15, 0.2) is 42.9 Å². The smallest absolute Gasteiger partial charge is 0.407 e. The highest BCUT2D eigenvalue weighted by Crippen LogP contribution is 2.35. The van der Waals surface area contributed by atoms with E-state index in [4.69, 9.17) is 19.6 Å². The predicted molar refractivity (Wildman–Crippen MR) is 207 cm³/mol. The number of rotatable bonds is 11. The number of carbonyl (C=O) groups excluding carboxylic acids is 4. The van der Waals surface area contributed by atoms with Crippen molar-refractivity contribution in [3.05, 3.63) is 54.5 Å². The van der Waals surface area contributed by atoms with E-state index in [0.29, 0.717) is 29.7 Å². The molecule has 296 valence electrons. The highest BCUT2D eigenvalue weighted by atomic mass is 32.1. The van der Waals surface area contributed by atoms with Crippen molar-refractivity contribution in [1.82, 2.24) is 55.0 Å². The molecule has 18 heteroatoms. The second-order valence-corrected chi connectivity index (χ2v) is 15.8. The molecule has 6 heterocycles. The van der Waals surface area contributed by atoms with Crippen molar-refractivity contribution >= 4 is 40.3 Å². The molecule has 0 radical (unpaired) electrons. The Morgan fingerprint density at radius 1 is 0.768 bits per heavy atom. The summed E-state index contributed by atoms with van der Waals surface area (Å²) in [6.45, 7) is 8.72. The number of imidazole rings is 3. The molecule has 4 atom stereocenters. The maximum absolute atomic E-state index is 13.5. The van der Waals surface area contributed by atoms with Gasteiger partial charge in [-0.1, -0.05) is 63.3 Å². The van der Waals surface area contributed by atoms with Crippen LogP contribution in [0, 0.1) is 11.8 Å². The van der Waals surface area contributed by atoms with Gasteiger partial charge in [0.1, 0.15) is 23.7 Å². The van der Waals surface area contributed by atoms with E-state index in [0.717, 1.165) is 58.9 Å². The van der Waals surface area contributed by atoms with Crippen molar-refractivity contribution in [3.63, 3.8) is 0 Å². The van der Waals surface area contributed by atoms with E-state index < -0.39 is 24.3 Å². The first-order valence-corrected chi connectivity index (χ1v) is 19.6. The number of hydrogen-bond acceptors (Lipinski definition) is 11. The minimum absolute atomic E-state index is 0.112. The molecular formula is C38H47N11O6S. The lowest BCUT2D eigenvalue weighted by Crippen LogP contribution is -2.51. The van der Waals surface area contributed by atoms with Crippen LogP contribution in [-0.4, -0.2) is 108 Å². The quantitative estimate of drug-likeness (QED) is 0.136. The van der Waals surface area contributed by atoms with Gasteiger partial charge >= 0.3 is 12.2 Å². The zero-order valence-corrected chi connectivity index (χ0v) is 33.1. The minimum atomic E-state index is -0.706. The van der Waals surface area contributed by atoms with E-state index in [2.05, 4.69) is 30.6 Å². The van der Waals surface area contributed by atoms with Crippen molar-refractivity contribution in [2.24, 2.45) is 11.8 Å². The van der Waals surface area contributed by atoms with Gasteiger partial charge < -0.3 is 39.9 Å². The van der Waals surface area contributed by atoms with Crippen LogP contribution in [0.25, 0.3) is 38.2 Å². The van der Waals surface area contributed by atoms with Gasteiger partial charge in [-0.2, -0.15) is 5.10 Å². The molecule has 4 N–H and O–H groups in total. The molecule has 2 fully saturated rings. The number of nitrogens with one attached hydrogen (secondary N) is 4. The maximum Gasteiger partial charge on any atom is 0.407 e. The number of alkyl carbamates (subject to hydrolysis) is 2. The van der Waals surface area contributed by atoms with E-state index in [9.17, 15) is 19.2 Å². The molecule has 0 spiro atoms. The Bertz CT molecular complexity index is 2170. The zero-order valence-electron chi connectivity index (χ0n) is 32.2. The number of benzene rings is 1. The first kappa shape index (κ1) is 38.5. The molecule has 2 aliphatic rings. The molecule has 5 aromatic rings. The van der Waals surface area contributed by atoms with Crippen LogP contribution < -0.4 is 10.6 Å². The average molecular weight is 786 g/mol. The summed E-state index contributed by atoms with van der Waals surface area (Å²) >= 11 is 1.43. The Hall–Kier alpha value is -5.78. The molecule has 1 aromatic carbocycles. The molecule has 17 nitrogen and oxygen atoms in total.